The summed E-state index contributed by atoms with van der Waals surface area (Å²) in [6.07, 6.45) is 3.81. The fourth-order valence-corrected chi connectivity index (χ4v) is 1.98. The first kappa shape index (κ1) is 12.9. The molecule has 0 saturated carbocycles. The Kier molecular flexibility index (Phi) is 3.39. The van der Waals surface area contributed by atoms with E-state index in [-0.39, 0.29) is 11.5 Å². The number of pyridine rings is 1. The Hall–Kier alpha value is -3.08. The maximum absolute atomic E-state index is 12.2. The fraction of sp³-hybridized carbons (Fsp3) is 0. The van der Waals surface area contributed by atoms with Gasteiger partial charge in [0.1, 0.15) is 0 Å². The topological polar surface area (TPSA) is 73.1 Å². The molecule has 0 aliphatic heterocycles. The molecule has 2 aromatic heterocycles. The van der Waals surface area contributed by atoms with E-state index in [1.165, 1.54) is 18.5 Å². The lowest BCUT2D eigenvalue weighted by atomic mass is 10.0. The third kappa shape index (κ3) is 2.49. The van der Waals surface area contributed by atoms with Crippen LogP contribution in [0.2, 0.25) is 0 Å². The average Bonchev–Trinajstić information content (AvgIpc) is 3.04. The first-order valence-corrected chi connectivity index (χ1v) is 6.25. The van der Waals surface area contributed by atoms with Crippen LogP contribution in [0.25, 0.3) is 11.3 Å². The molecule has 1 aromatic carbocycles. The number of hydrogen-bond donors (Lipinski definition) is 0. The molecule has 0 saturated heterocycles. The van der Waals surface area contributed by atoms with Crippen molar-refractivity contribution in [3.8, 4) is 11.3 Å². The lowest BCUT2D eigenvalue weighted by Gasteiger charge is -1.98. The van der Waals surface area contributed by atoms with Gasteiger partial charge in [0.05, 0.1) is 0 Å². The van der Waals surface area contributed by atoms with Crippen molar-refractivity contribution < 1.29 is 14.1 Å². The maximum atomic E-state index is 12.2. The summed E-state index contributed by atoms with van der Waals surface area (Å²) in [5, 5.41) is 3.78. The second-order valence-electron chi connectivity index (χ2n) is 4.35. The minimum absolute atomic E-state index is 0.192. The molecule has 0 radical (unpaired) electrons. The van der Waals surface area contributed by atoms with E-state index in [9.17, 15) is 9.59 Å². The highest BCUT2D eigenvalue weighted by molar-refractivity contribution is 6.08. The number of aldehydes is 1. The Morgan fingerprint density at radius 1 is 1.10 bits per heavy atom. The van der Waals surface area contributed by atoms with E-state index in [0.29, 0.717) is 22.5 Å². The first-order chi connectivity index (χ1) is 10.3. The van der Waals surface area contributed by atoms with Gasteiger partial charge >= 0.3 is 0 Å². The monoisotopic (exact) mass is 278 g/mol. The molecule has 5 heteroatoms. The number of carbonyl (C=O) groups excluding carboxylic acids is 2. The van der Waals surface area contributed by atoms with E-state index in [0.717, 1.165) is 6.29 Å². The number of hydrogen-bond acceptors (Lipinski definition) is 5. The molecule has 2 heterocycles. The van der Waals surface area contributed by atoms with Gasteiger partial charge in [-0.15, -0.1) is 0 Å². The first-order valence-electron chi connectivity index (χ1n) is 6.25. The molecule has 102 valence electrons. The third-order valence-corrected chi connectivity index (χ3v) is 3.04. The summed E-state index contributed by atoms with van der Waals surface area (Å²) < 4.78 is 5.19. The van der Waals surface area contributed by atoms with Crippen molar-refractivity contribution in [2.45, 2.75) is 0 Å². The molecule has 0 spiro atoms. The van der Waals surface area contributed by atoms with Crippen LogP contribution in [0.1, 0.15) is 26.4 Å². The minimum atomic E-state index is -0.254. The van der Waals surface area contributed by atoms with Crippen molar-refractivity contribution in [2.75, 3.05) is 0 Å². The molecule has 3 rings (SSSR count). The molecule has 3 aromatic rings. The predicted molar refractivity (Wildman–Crippen MR) is 75.0 cm³/mol. The molecule has 0 atom stereocenters. The molecule has 0 amide bonds. The molecular weight excluding hydrogens is 268 g/mol. The zero-order chi connectivity index (χ0) is 14.7. The van der Waals surface area contributed by atoms with Crippen LogP contribution in [0.4, 0.5) is 0 Å². The molecule has 0 N–H and O–H groups in total. The van der Waals surface area contributed by atoms with Gasteiger partial charge in [0.15, 0.2) is 17.7 Å². The van der Waals surface area contributed by atoms with Crippen molar-refractivity contribution >= 4 is 12.1 Å². The smallest absolute Gasteiger partial charge is 0.215 e. The van der Waals surface area contributed by atoms with Gasteiger partial charge in [-0.1, -0.05) is 29.4 Å². The van der Waals surface area contributed by atoms with Gasteiger partial charge in [0.25, 0.3) is 0 Å². The molecule has 21 heavy (non-hydrogen) atoms. The van der Waals surface area contributed by atoms with Crippen LogP contribution in [-0.4, -0.2) is 22.2 Å². The van der Waals surface area contributed by atoms with E-state index in [1.807, 2.05) is 0 Å². The molecule has 0 aliphatic carbocycles. The second kappa shape index (κ2) is 5.50. The van der Waals surface area contributed by atoms with Crippen molar-refractivity contribution in [3.05, 3.63) is 71.7 Å². The van der Waals surface area contributed by atoms with Crippen molar-refractivity contribution in [3.63, 3.8) is 0 Å². The predicted octanol–water partition coefficient (Wildman–Crippen LogP) is 2.78. The van der Waals surface area contributed by atoms with Gasteiger partial charge in [-0.2, -0.15) is 0 Å². The zero-order valence-corrected chi connectivity index (χ0v) is 10.9. The van der Waals surface area contributed by atoms with Gasteiger partial charge in [0, 0.05) is 35.2 Å². The molecule has 0 bridgehead atoms. The fourth-order valence-electron chi connectivity index (χ4n) is 1.98. The van der Waals surface area contributed by atoms with Gasteiger partial charge in [-0.25, -0.2) is 0 Å². The summed E-state index contributed by atoms with van der Waals surface area (Å²) in [4.78, 5) is 27.1. The summed E-state index contributed by atoms with van der Waals surface area (Å²) >= 11 is 0. The zero-order valence-electron chi connectivity index (χ0n) is 10.9. The van der Waals surface area contributed by atoms with Crippen LogP contribution < -0.4 is 0 Å². The Balaban J connectivity index is 1.97. The second-order valence-corrected chi connectivity index (χ2v) is 4.35. The molecule has 5 nitrogen and oxygen atoms in total. The Bertz CT molecular complexity index is 794. The van der Waals surface area contributed by atoms with Crippen LogP contribution in [0.15, 0.2) is 59.4 Å². The van der Waals surface area contributed by atoms with Crippen LogP contribution in [0.5, 0.6) is 0 Å². The largest absolute Gasteiger partial charge is 0.356 e. The molecule has 0 fully saturated rings. The van der Waals surface area contributed by atoms with Gasteiger partial charge in [0.2, 0.25) is 5.78 Å². The van der Waals surface area contributed by atoms with Crippen LogP contribution in [0.3, 0.4) is 0 Å². The minimum Gasteiger partial charge on any atom is -0.356 e. The summed E-state index contributed by atoms with van der Waals surface area (Å²) in [7, 11) is 0. The van der Waals surface area contributed by atoms with E-state index >= 15 is 0 Å². The summed E-state index contributed by atoms with van der Waals surface area (Å²) in [6.45, 7) is 0. The van der Waals surface area contributed by atoms with Gasteiger partial charge in [-0.3, -0.25) is 14.6 Å². The maximum Gasteiger partial charge on any atom is 0.215 e. The summed E-state index contributed by atoms with van der Waals surface area (Å²) in [6, 6.07) is 11.7. The normalized spacial score (nSPS) is 10.3. The SMILES string of the molecule is O=Cc1ccccc1-c1cc(C(=O)c2ccncc2)no1. The van der Waals surface area contributed by atoms with Crippen molar-refractivity contribution in [2.24, 2.45) is 0 Å². The number of nitrogens with zero attached hydrogens (tertiary/aromatic N) is 2. The standard InChI is InChI=1S/C16H10N2O3/c19-10-12-3-1-2-4-13(12)15-9-14(18-21-15)16(20)11-5-7-17-8-6-11/h1-10H. The number of benzene rings is 1. The van der Waals surface area contributed by atoms with Crippen LogP contribution >= 0.6 is 0 Å². The molecular formula is C16H10N2O3. The van der Waals surface area contributed by atoms with Crippen molar-refractivity contribution in [1.82, 2.24) is 10.1 Å². The lowest BCUT2D eigenvalue weighted by Crippen LogP contribution is -2.01. The Morgan fingerprint density at radius 3 is 2.62 bits per heavy atom. The Labute approximate surface area is 120 Å². The van der Waals surface area contributed by atoms with Crippen LogP contribution in [0, 0.1) is 0 Å². The van der Waals surface area contributed by atoms with Crippen LogP contribution in [-0.2, 0) is 0 Å². The number of carbonyl (C=O) groups is 2. The van der Waals surface area contributed by atoms with E-state index in [1.54, 1.807) is 36.4 Å². The number of rotatable bonds is 4. The van der Waals surface area contributed by atoms with E-state index < -0.39 is 0 Å². The summed E-state index contributed by atoms with van der Waals surface area (Å²) in [5.74, 6) is 0.131. The molecule has 0 unspecified atom stereocenters. The quantitative estimate of drug-likeness (QED) is 0.542. The number of ketones is 1. The average molecular weight is 278 g/mol. The highest BCUT2D eigenvalue weighted by atomic mass is 16.5. The van der Waals surface area contributed by atoms with Gasteiger partial charge < -0.3 is 4.52 Å². The van der Waals surface area contributed by atoms with Crippen molar-refractivity contribution in [1.29, 1.82) is 0 Å². The summed E-state index contributed by atoms with van der Waals surface area (Å²) in [5.41, 5.74) is 1.76. The third-order valence-electron chi connectivity index (χ3n) is 3.04. The van der Waals surface area contributed by atoms with E-state index in [2.05, 4.69) is 10.1 Å². The van der Waals surface area contributed by atoms with E-state index in [4.69, 9.17) is 4.52 Å². The number of aromatic nitrogens is 2. The highest BCUT2D eigenvalue weighted by Crippen LogP contribution is 2.24. The molecule has 0 aliphatic rings. The lowest BCUT2D eigenvalue weighted by molar-refractivity contribution is 0.103. The highest BCUT2D eigenvalue weighted by Gasteiger charge is 2.16. The Morgan fingerprint density at radius 2 is 1.86 bits per heavy atom. The van der Waals surface area contributed by atoms with Gasteiger partial charge in [-0.05, 0) is 12.1 Å².